The Morgan fingerprint density at radius 2 is 1.96 bits per heavy atom. The summed E-state index contributed by atoms with van der Waals surface area (Å²) < 4.78 is 0. The largest absolute Gasteiger partial charge is 0.356 e. The quantitative estimate of drug-likeness (QED) is 0.440. The van der Waals surface area contributed by atoms with Crippen molar-refractivity contribution in [1.82, 2.24) is 15.6 Å². The molecule has 1 aliphatic heterocycles. The van der Waals surface area contributed by atoms with Gasteiger partial charge in [0.15, 0.2) is 5.96 Å². The van der Waals surface area contributed by atoms with E-state index in [1.54, 1.807) is 0 Å². The molecule has 0 bridgehead atoms. The van der Waals surface area contributed by atoms with Gasteiger partial charge in [-0.2, -0.15) is 0 Å². The molecule has 0 radical (unpaired) electrons. The van der Waals surface area contributed by atoms with Gasteiger partial charge in [0.05, 0.1) is 0 Å². The lowest BCUT2D eigenvalue weighted by molar-refractivity contribution is 0.459. The highest BCUT2D eigenvalue weighted by Gasteiger charge is 2.20. The van der Waals surface area contributed by atoms with E-state index in [9.17, 15) is 0 Å². The van der Waals surface area contributed by atoms with Crippen LogP contribution in [0.25, 0.3) is 0 Å². The number of hydrogen-bond acceptors (Lipinski definition) is 3. The van der Waals surface area contributed by atoms with E-state index in [4.69, 9.17) is 11.6 Å². The number of piperidine rings is 1. The Morgan fingerprint density at radius 3 is 2.68 bits per heavy atom. The smallest absolute Gasteiger partial charge is 0.191 e. The Kier molecular flexibility index (Phi) is 7.54. The first-order valence-corrected chi connectivity index (χ1v) is 10.4. The van der Waals surface area contributed by atoms with Gasteiger partial charge in [-0.05, 0) is 56.4 Å². The molecule has 6 heteroatoms. The number of nitrogens with one attached hydrogen (secondary N) is 2. The third kappa shape index (κ3) is 5.86. The number of rotatable bonds is 6. The number of benzene rings is 1. The highest BCUT2D eigenvalue weighted by molar-refractivity contribution is 6.31. The first-order chi connectivity index (χ1) is 13.7. The van der Waals surface area contributed by atoms with E-state index in [0.717, 1.165) is 67.8 Å². The fourth-order valence-electron chi connectivity index (χ4n) is 3.53. The van der Waals surface area contributed by atoms with Gasteiger partial charge >= 0.3 is 0 Å². The Morgan fingerprint density at radius 1 is 1.18 bits per heavy atom. The van der Waals surface area contributed by atoms with Gasteiger partial charge in [-0.25, -0.2) is 4.98 Å². The van der Waals surface area contributed by atoms with E-state index in [-0.39, 0.29) is 0 Å². The molecule has 1 aromatic heterocycles. The fourth-order valence-corrected chi connectivity index (χ4v) is 3.76. The molecule has 0 unspecified atom stereocenters. The number of pyridine rings is 1. The highest BCUT2D eigenvalue weighted by Crippen LogP contribution is 2.18. The SMILES string of the molecule is CN=C(NCCCc1ccccc1Cl)NC1CCN(c2cccc(C)n2)CC1. The molecular formula is C22H30ClN5. The van der Waals surface area contributed by atoms with E-state index < -0.39 is 0 Å². The van der Waals surface area contributed by atoms with Gasteiger partial charge in [-0.3, -0.25) is 4.99 Å². The van der Waals surface area contributed by atoms with Gasteiger partial charge in [0.1, 0.15) is 5.82 Å². The zero-order valence-electron chi connectivity index (χ0n) is 16.8. The molecule has 0 spiro atoms. The molecule has 28 heavy (non-hydrogen) atoms. The highest BCUT2D eigenvalue weighted by atomic mass is 35.5. The monoisotopic (exact) mass is 399 g/mol. The Hall–Kier alpha value is -2.27. The summed E-state index contributed by atoms with van der Waals surface area (Å²) in [5, 5.41) is 7.84. The number of nitrogens with zero attached hydrogens (tertiary/aromatic N) is 3. The number of aryl methyl sites for hydroxylation is 2. The van der Waals surface area contributed by atoms with Gasteiger partial charge in [0.25, 0.3) is 0 Å². The molecule has 1 saturated heterocycles. The second-order valence-corrected chi connectivity index (χ2v) is 7.64. The summed E-state index contributed by atoms with van der Waals surface area (Å²) in [6.45, 7) is 4.94. The van der Waals surface area contributed by atoms with Gasteiger partial charge in [0.2, 0.25) is 0 Å². The first-order valence-electron chi connectivity index (χ1n) is 10.0. The lowest BCUT2D eigenvalue weighted by Crippen LogP contribution is -2.49. The van der Waals surface area contributed by atoms with Crippen molar-refractivity contribution < 1.29 is 0 Å². The maximum atomic E-state index is 6.22. The number of guanidine groups is 1. The molecular weight excluding hydrogens is 370 g/mol. The summed E-state index contributed by atoms with van der Waals surface area (Å²) in [5.41, 5.74) is 2.27. The Balaban J connectivity index is 1.39. The molecule has 2 N–H and O–H groups in total. The fraction of sp³-hybridized carbons (Fsp3) is 0.455. The van der Waals surface area contributed by atoms with Crippen LogP contribution in [0.3, 0.4) is 0 Å². The maximum absolute atomic E-state index is 6.22. The van der Waals surface area contributed by atoms with Crippen LogP contribution in [-0.4, -0.2) is 43.7 Å². The maximum Gasteiger partial charge on any atom is 0.191 e. The minimum atomic E-state index is 0.441. The van der Waals surface area contributed by atoms with Crippen LogP contribution < -0.4 is 15.5 Å². The second-order valence-electron chi connectivity index (χ2n) is 7.24. The van der Waals surface area contributed by atoms with E-state index in [0.29, 0.717) is 6.04 Å². The van der Waals surface area contributed by atoms with Crippen molar-refractivity contribution in [3.63, 3.8) is 0 Å². The van der Waals surface area contributed by atoms with Crippen LogP contribution in [0.4, 0.5) is 5.82 Å². The van der Waals surface area contributed by atoms with Gasteiger partial charge in [-0.15, -0.1) is 0 Å². The Bertz CT molecular complexity index is 784. The second kappa shape index (κ2) is 10.3. The number of halogens is 1. The molecule has 2 heterocycles. The van der Waals surface area contributed by atoms with Crippen LogP contribution in [-0.2, 0) is 6.42 Å². The van der Waals surface area contributed by atoms with Crippen molar-refractivity contribution in [2.45, 2.75) is 38.6 Å². The number of anilines is 1. The molecule has 0 atom stereocenters. The van der Waals surface area contributed by atoms with Crippen molar-refractivity contribution in [2.75, 3.05) is 31.6 Å². The lowest BCUT2D eigenvalue weighted by atomic mass is 10.1. The molecule has 1 aromatic carbocycles. The van der Waals surface area contributed by atoms with E-state index >= 15 is 0 Å². The summed E-state index contributed by atoms with van der Waals surface area (Å²) in [4.78, 5) is 11.4. The van der Waals surface area contributed by atoms with E-state index in [1.807, 2.05) is 38.2 Å². The summed E-state index contributed by atoms with van der Waals surface area (Å²) >= 11 is 6.22. The van der Waals surface area contributed by atoms with Crippen molar-refractivity contribution in [2.24, 2.45) is 4.99 Å². The molecule has 0 aliphatic carbocycles. The standard InChI is InChI=1S/C22H30ClN5/c1-17-7-5-11-21(26-17)28-15-12-19(13-16-28)27-22(24-2)25-14-6-9-18-8-3-4-10-20(18)23/h3-5,7-8,10-11,19H,6,9,12-16H2,1-2H3,(H2,24,25,27). The van der Waals surface area contributed by atoms with Crippen LogP contribution in [0.2, 0.25) is 5.02 Å². The molecule has 2 aromatic rings. The number of aromatic nitrogens is 1. The van der Waals surface area contributed by atoms with Crippen LogP contribution in [0.15, 0.2) is 47.5 Å². The summed E-state index contributed by atoms with van der Waals surface area (Å²) in [5.74, 6) is 1.96. The first kappa shape index (κ1) is 20.5. The zero-order chi connectivity index (χ0) is 19.8. The van der Waals surface area contributed by atoms with E-state index in [1.165, 1.54) is 5.56 Å². The van der Waals surface area contributed by atoms with Gasteiger partial charge in [-0.1, -0.05) is 35.9 Å². The van der Waals surface area contributed by atoms with Crippen molar-refractivity contribution in [1.29, 1.82) is 0 Å². The molecule has 1 fully saturated rings. The lowest BCUT2D eigenvalue weighted by Gasteiger charge is -2.34. The third-order valence-corrected chi connectivity index (χ3v) is 5.50. The molecule has 3 rings (SSSR count). The Labute approximate surface area is 173 Å². The van der Waals surface area contributed by atoms with Crippen LogP contribution in [0.1, 0.15) is 30.5 Å². The minimum Gasteiger partial charge on any atom is -0.356 e. The summed E-state index contributed by atoms with van der Waals surface area (Å²) in [7, 11) is 1.83. The van der Waals surface area contributed by atoms with Crippen molar-refractivity contribution in [3.05, 3.63) is 58.7 Å². The van der Waals surface area contributed by atoms with Crippen molar-refractivity contribution >= 4 is 23.4 Å². The summed E-state index contributed by atoms with van der Waals surface area (Å²) in [6, 6.07) is 14.7. The van der Waals surface area contributed by atoms with Crippen LogP contribution in [0.5, 0.6) is 0 Å². The zero-order valence-corrected chi connectivity index (χ0v) is 17.5. The molecule has 0 saturated carbocycles. The summed E-state index contributed by atoms with van der Waals surface area (Å²) in [6.07, 6.45) is 4.14. The number of hydrogen-bond donors (Lipinski definition) is 2. The normalized spacial score (nSPS) is 15.5. The average Bonchev–Trinajstić information content (AvgIpc) is 2.72. The van der Waals surface area contributed by atoms with E-state index in [2.05, 4.69) is 43.7 Å². The third-order valence-electron chi connectivity index (χ3n) is 5.13. The molecule has 150 valence electrons. The molecule has 5 nitrogen and oxygen atoms in total. The predicted octanol–water partition coefficient (Wildman–Crippen LogP) is 3.81. The van der Waals surface area contributed by atoms with Crippen LogP contribution >= 0.6 is 11.6 Å². The predicted molar refractivity (Wildman–Crippen MR) is 118 cm³/mol. The van der Waals surface area contributed by atoms with Gasteiger partial charge < -0.3 is 15.5 Å². The topological polar surface area (TPSA) is 52.6 Å². The van der Waals surface area contributed by atoms with Gasteiger partial charge in [0, 0.05) is 43.4 Å². The molecule has 1 aliphatic rings. The van der Waals surface area contributed by atoms with Crippen LogP contribution in [0, 0.1) is 6.92 Å². The van der Waals surface area contributed by atoms with Crippen molar-refractivity contribution in [3.8, 4) is 0 Å². The molecule has 0 amide bonds. The average molecular weight is 400 g/mol. The minimum absolute atomic E-state index is 0.441. The number of aliphatic imine (C=N–C) groups is 1.